The Hall–Kier alpha value is -1.03. The van der Waals surface area contributed by atoms with Crippen molar-refractivity contribution in [2.45, 2.75) is 12.8 Å². The molecule has 0 aliphatic carbocycles. The number of rotatable bonds is 3. The lowest BCUT2D eigenvalue weighted by atomic mass is 9.97. The van der Waals surface area contributed by atoms with Crippen LogP contribution in [0.3, 0.4) is 0 Å². The van der Waals surface area contributed by atoms with E-state index in [1.165, 1.54) is 25.9 Å². The van der Waals surface area contributed by atoms with Gasteiger partial charge < -0.3 is 10.2 Å². The average molecular weight is 208 g/mol. The highest BCUT2D eigenvalue weighted by Gasteiger charge is 2.16. The molecule has 0 saturated carbocycles. The molecule has 1 fully saturated rings. The van der Waals surface area contributed by atoms with Gasteiger partial charge in [-0.2, -0.15) is 5.10 Å². The van der Waals surface area contributed by atoms with Gasteiger partial charge in [-0.05, 0) is 38.9 Å². The van der Waals surface area contributed by atoms with Crippen LogP contribution in [0.2, 0.25) is 0 Å². The zero-order valence-corrected chi connectivity index (χ0v) is 9.61. The van der Waals surface area contributed by atoms with Gasteiger partial charge in [-0.1, -0.05) is 0 Å². The van der Waals surface area contributed by atoms with Crippen molar-refractivity contribution in [2.75, 3.05) is 32.0 Å². The van der Waals surface area contributed by atoms with Gasteiger partial charge >= 0.3 is 0 Å². The Kier molecular flexibility index (Phi) is 3.26. The molecule has 2 heterocycles. The van der Waals surface area contributed by atoms with Crippen LogP contribution in [0.1, 0.15) is 12.8 Å². The molecule has 0 bridgehead atoms. The lowest BCUT2D eigenvalue weighted by Gasteiger charge is -2.29. The topological polar surface area (TPSA) is 33.1 Å². The maximum Gasteiger partial charge on any atom is 0.0726 e. The molecule has 1 aliphatic heterocycles. The van der Waals surface area contributed by atoms with E-state index in [1.807, 2.05) is 24.1 Å². The van der Waals surface area contributed by atoms with Crippen LogP contribution in [0.15, 0.2) is 12.4 Å². The van der Waals surface area contributed by atoms with Gasteiger partial charge in [0.2, 0.25) is 0 Å². The predicted octanol–water partition coefficient (Wildman–Crippen LogP) is 1.17. The maximum atomic E-state index is 4.14. The van der Waals surface area contributed by atoms with E-state index >= 15 is 0 Å². The molecule has 1 aromatic rings. The lowest BCUT2D eigenvalue weighted by Crippen LogP contribution is -2.32. The van der Waals surface area contributed by atoms with Crippen molar-refractivity contribution in [3.63, 3.8) is 0 Å². The Morgan fingerprint density at radius 3 is 2.73 bits per heavy atom. The van der Waals surface area contributed by atoms with Crippen LogP contribution in [-0.2, 0) is 7.05 Å². The monoisotopic (exact) mass is 208 g/mol. The summed E-state index contributed by atoms with van der Waals surface area (Å²) >= 11 is 0. The molecule has 1 aliphatic rings. The SMILES string of the molecule is CN1CCC(CNc2cnn(C)c2)CC1. The standard InChI is InChI=1S/C11H20N4/c1-14-5-3-10(4-6-14)7-12-11-8-13-15(2)9-11/h8-10,12H,3-7H2,1-2H3. The van der Waals surface area contributed by atoms with E-state index in [0.29, 0.717) is 0 Å². The highest BCUT2D eigenvalue weighted by atomic mass is 15.3. The summed E-state index contributed by atoms with van der Waals surface area (Å²) < 4.78 is 1.83. The summed E-state index contributed by atoms with van der Waals surface area (Å²) in [4.78, 5) is 2.40. The van der Waals surface area contributed by atoms with E-state index in [9.17, 15) is 0 Å². The van der Waals surface area contributed by atoms with Gasteiger partial charge in [-0.25, -0.2) is 0 Å². The third kappa shape index (κ3) is 2.96. The number of hydrogen-bond acceptors (Lipinski definition) is 3. The molecule has 0 radical (unpaired) electrons. The fraction of sp³-hybridized carbons (Fsp3) is 0.727. The minimum Gasteiger partial charge on any atom is -0.382 e. The van der Waals surface area contributed by atoms with E-state index in [2.05, 4.69) is 22.4 Å². The fourth-order valence-electron chi connectivity index (χ4n) is 2.04. The van der Waals surface area contributed by atoms with Gasteiger partial charge in [0, 0.05) is 19.8 Å². The van der Waals surface area contributed by atoms with Crippen LogP contribution < -0.4 is 5.32 Å². The molecule has 15 heavy (non-hydrogen) atoms. The number of aryl methyl sites for hydroxylation is 1. The van der Waals surface area contributed by atoms with Crippen molar-refractivity contribution in [1.82, 2.24) is 14.7 Å². The molecular formula is C11H20N4. The number of likely N-dealkylation sites (tertiary alicyclic amines) is 1. The number of piperidine rings is 1. The molecule has 4 heteroatoms. The first-order valence-electron chi connectivity index (χ1n) is 5.65. The zero-order chi connectivity index (χ0) is 10.7. The minimum absolute atomic E-state index is 0.821. The summed E-state index contributed by atoms with van der Waals surface area (Å²) in [5.41, 5.74) is 1.14. The van der Waals surface area contributed by atoms with Gasteiger partial charge in [0.05, 0.1) is 11.9 Å². The molecule has 0 atom stereocenters. The largest absolute Gasteiger partial charge is 0.382 e. The third-order valence-corrected chi connectivity index (χ3v) is 3.14. The van der Waals surface area contributed by atoms with Gasteiger partial charge in [-0.15, -0.1) is 0 Å². The van der Waals surface area contributed by atoms with Crippen molar-refractivity contribution >= 4 is 5.69 Å². The molecule has 0 aromatic carbocycles. The molecule has 84 valence electrons. The molecule has 1 N–H and O–H groups in total. The number of aromatic nitrogens is 2. The van der Waals surface area contributed by atoms with E-state index in [4.69, 9.17) is 0 Å². The summed E-state index contributed by atoms with van der Waals surface area (Å²) in [5, 5.41) is 7.59. The Morgan fingerprint density at radius 2 is 2.13 bits per heavy atom. The number of hydrogen-bond donors (Lipinski definition) is 1. The molecular weight excluding hydrogens is 188 g/mol. The highest BCUT2D eigenvalue weighted by Crippen LogP contribution is 2.16. The number of nitrogens with zero attached hydrogens (tertiary/aromatic N) is 3. The maximum absolute atomic E-state index is 4.14. The van der Waals surface area contributed by atoms with Crippen molar-refractivity contribution in [3.8, 4) is 0 Å². The Morgan fingerprint density at radius 1 is 1.40 bits per heavy atom. The van der Waals surface area contributed by atoms with Crippen molar-refractivity contribution in [3.05, 3.63) is 12.4 Å². The minimum atomic E-state index is 0.821. The quantitative estimate of drug-likeness (QED) is 0.809. The molecule has 2 rings (SSSR count). The number of anilines is 1. The van der Waals surface area contributed by atoms with Crippen molar-refractivity contribution in [2.24, 2.45) is 13.0 Å². The predicted molar refractivity (Wildman–Crippen MR) is 61.9 cm³/mol. The van der Waals surface area contributed by atoms with Gasteiger partial charge in [0.1, 0.15) is 0 Å². The average Bonchev–Trinajstić information content (AvgIpc) is 2.64. The third-order valence-electron chi connectivity index (χ3n) is 3.14. The Balaban J connectivity index is 1.74. The van der Waals surface area contributed by atoms with Crippen LogP contribution in [0.5, 0.6) is 0 Å². The van der Waals surface area contributed by atoms with Crippen LogP contribution >= 0.6 is 0 Å². The lowest BCUT2D eigenvalue weighted by molar-refractivity contribution is 0.226. The fourth-order valence-corrected chi connectivity index (χ4v) is 2.04. The number of nitrogens with one attached hydrogen (secondary N) is 1. The smallest absolute Gasteiger partial charge is 0.0726 e. The summed E-state index contributed by atoms with van der Waals surface area (Å²) in [7, 11) is 4.14. The molecule has 0 spiro atoms. The van der Waals surface area contributed by atoms with Crippen molar-refractivity contribution < 1.29 is 0 Å². The summed E-state index contributed by atoms with van der Waals surface area (Å²) in [5.74, 6) is 0.821. The van der Waals surface area contributed by atoms with Crippen LogP contribution in [0.4, 0.5) is 5.69 Å². The normalized spacial score (nSPS) is 19.3. The van der Waals surface area contributed by atoms with Crippen molar-refractivity contribution in [1.29, 1.82) is 0 Å². The van der Waals surface area contributed by atoms with E-state index < -0.39 is 0 Å². The second-order valence-corrected chi connectivity index (χ2v) is 4.53. The van der Waals surface area contributed by atoms with Gasteiger partial charge in [0.15, 0.2) is 0 Å². The molecule has 0 amide bonds. The van der Waals surface area contributed by atoms with Crippen LogP contribution in [0, 0.1) is 5.92 Å². The summed E-state index contributed by atoms with van der Waals surface area (Å²) in [6.07, 6.45) is 6.53. The van der Waals surface area contributed by atoms with E-state index in [1.54, 1.807) is 0 Å². The van der Waals surface area contributed by atoms with E-state index in [-0.39, 0.29) is 0 Å². The summed E-state index contributed by atoms with van der Waals surface area (Å²) in [6.45, 7) is 3.55. The molecule has 4 nitrogen and oxygen atoms in total. The van der Waals surface area contributed by atoms with Crippen LogP contribution in [-0.4, -0.2) is 41.4 Å². The van der Waals surface area contributed by atoms with Gasteiger partial charge in [-0.3, -0.25) is 4.68 Å². The Labute approximate surface area is 91.3 Å². The molecule has 1 saturated heterocycles. The molecule has 1 aromatic heterocycles. The highest BCUT2D eigenvalue weighted by molar-refractivity contribution is 5.37. The second kappa shape index (κ2) is 4.66. The first kappa shape index (κ1) is 10.5. The van der Waals surface area contributed by atoms with Gasteiger partial charge in [0.25, 0.3) is 0 Å². The molecule has 0 unspecified atom stereocenters. The first-order chi connectivity index (χ1) is 7.24. The van der Waals surface area contributed by atoms with E-state index in [0.717, 1.165) is 18.2 Å². The first-order valence-corrected chi connectivity index (χ1v) is 5.65. The second-order valence-electron chi connectivity index (χ2n) is 4.53. The Bertz CT molecular complexity index is 299. The summed E-state index contributed by atoms with van der Waals surface area (Å²) in [6, 6.07) is 0. The zero-order valence-electron chi connectivity index (χ0n) is 9.61. The van der Waals surface area contributed by atoms with Crippen LogP contribution in [0.25, 0.3) is 0 Å².